The van der Waals surface area contributed by atoms with E-state index in [1.54, 1.807) is 0 Å². The van der Waals surface area contributed by atoms with Crippen LogP contribution in [0.2, 0.25) is 0 Å². The lowest BCUT2D eigenvalue weighted by atomic mass is 9.89. The average molecular weight is 343 g/mol. The molecule has 3 aliphatic rings. The summed E-state index contributed by atoms with van der Waals surface area (Å²) in [5, 5.41) is 7.50. The van der Waals surface area contributed by atoms with E-state index < -0.39 is 0 Å². The Bertz CT molecular complexity index is 682. The maximum atomic E-state index is 12.9. The van der Waals surface area contributed by atoms with Crippen LogP contribution >= 0.6 is 0 Å². The number of ether oxygens (including phenoxy) is 1. The van der Waals surface area contributed by atoms with E-state index in [1.807, 2.05) is 17.0 Å². The molecule has 6 nitrogen and oxygen atoms in total. The maximum absolute atomic E-state index is 12.9. The van der Waals surface area contributed by atoms with Gasteiger partial charge >= 0.3 is 0 Å². The van der Waals surface area contributed by atoms with Gasteiger partial charge in [-0.25, -0.2) is 0 Å². The third kappa shape index (κ3) is 3.28. The summed E-state index contributed by atoms with van der Waals surface area (Å²) in [5.74, 6) is -0.00988. The molecule has 1 aromatic carbocycles. The molecule has 1 spiro atoms. The first-order valence-electron chi connectivity index (χ1n) is 9.09. The van der Waals surface area contributed by atoms with Crippen molar-refractivity contribution in [3.05, 3.63) is 35.4 Å². The van der Waals surface area contributed by atoms with E-state index in [-0.39, 0.29) is 17.6 Å². The molecule has 0 bridgehead atoms. The van der Waals surface area contributed by atoms with E-state index in [9.17, 15) is 4.79 Å². The minimum absolute atomic E-state index is 0.00988. The van der Waals surface area contributed by atoms with Gasteiger partial charge in [0.2, 0.25) is 0 Å². The second-order valence-corrected chi connectivity index (χ2v) is 7.24. The fourth-order valence-corrected chi connectivity index (χ4v) is 3.96. The van der Waals surface area contributed by atoms with Crippen LogP contribution in [0.5, 0.6) is 0 Å². The third-order valence-corrected chi connectivity index (χ3v) is 5.41. The van der Waals surface area contributed by atoms with Crippen molar-refractivity contribution in [3.63, 3.8) is 0 Å². The minimum Gasteiger partial charge on any atom is -0.387 e. The van der Waals surface area contributed by atoms with Crippen molar-refractivity contribution in [3.8, 4) is 0 Å². The molecule has 2 saturated heterocycles. The van der Waals surface area contributed by atoms with E-state index >= 15 is 0 Å². The Morgan fingerprint density at radius 1 is 1.40 bits per heavy atom. The number of nitrogens with one attached hydrogen (secondary N) is 1. The summed E-state index contributed by atoms with van der Waals surface area (Å²) >= 11 is 0. The molecule has 0 radical (unpaired) electrons. The monoisotopic (exact) mass is 343 g/mol. The average Bonchev–Trinajstić information content (AvgIpc) is 3.05. The summed E-state index contributed by atoms with van der Waals surface area (Å²) in [5.41, 5.74) is 2.58. The second-order valence-electron chi connectivity index (χ2n) is 7.24. The summed E-state index contributed by atoms with van der Waals surface area (Å²) in [4.78, 5) is 20.5. The number of morpholine rings is 1. The molecule has 6 heteroatoms. The first-order valence-corrected chi connectivity index (χ1v) is 9.09. The first kappa shape index (κ1) is 16.5. The van der Waals surface area contributed by atoms with Gasteiger partial charge in [-0.2, -0.15) is 0 Å². The number of nitrogens with zero attached hydrogens (tertiary/aromatic N) is 2. The quantitative estimate of drug-likeness (QED) is 0.889. The van der Waals surface area contributed by atoms with Crippen LogP contribution in [0, 0.1) is 6.92 Å². The van der Waals surface area contributed by atoms with Gasteiger partial charge < -0.3 is 19.8 Å². The van der Waals surface area contributed by atoms with E-state index in [0.717, 1.165) is 31.5 Å². The van der Waals surface area contributed by atoms with Gasteiger partial charge in [0.15, 0.2) is 5.60 Å². The molecule has 3 heterocycles. The topological polar surface area (TPSA) is 63.2 Å². The minimum atomic E-state index is -0.315. The Kier molecular flexibility index (Phi) is 4.48. The van der Waals surface area contributed by atoms with E-state index in [4.69, 9.17) is 9.57 Å². The largest absolute Gasteiger partial charge is 0.387 e. The molecule has 1 amide bonds. The normalized spacial score (nSPS) is 29.4. The SMILES string of the molecule is Cc1ccccc1C1CN(C(=O)C2=NOC3(CCCNC3)C2)CCO1. The van der Waals surface area contributed by atoms with Gasteiger partial charge in [-0.15, -0.1) is 0 Å². The van der Waals surface area contributed by atoms with Crippen LogP contribution in [0.25, 0.3) is 0 Å². The lowest BCUT2D eigenvalue weighted by Gasteiger charge is -2.34. The molecule has 2 fully saturated rings. The number of rotatable bonds is 2. The highest BCUT2D eigenvalue weighted by Crippen LogP contribution is 2.32. The highest BCUT2D eigenvalue weighted by Gasteiger charge is 2.43. The zero-order valence-electron chi connectivity index (χ0n) is 14.7. The van der Waals surface area contributed by atoms with E-state index in [2.05, 4.69) is 29.5 Å². The molecule has 2 unspecified atom stereocenters. The predicted molar refractivity (Wildman–Crippen MR) is 94.4 cm³/mol. The highest BCUT2D eigenvalue weighted by molar-refractivity contribution is 6.39. The second kappa shape index (κ2) is 6.77. The summed E-state index contributed by atoms with van der Waals surface area (Å²) in [7, 11) is 0. The van der Waals surface area contributed by atoms with Crippen LogP contribution in [0.1, 0.15) is 36.5 Å². The Balaban J connectivity index is 1.43. The number of hydrogen-bond acceptors (Lipinski definition) is 5. The number of carbonyl (C=O) groups excluding carboxylic acids is 1. The smallest absolute Gasteiger partial charge is 0.271 e. The number of oxime groups is 1. The zero-order chi connectivity index (χ0) is 17.3. The maximum Gasteiger partial charge on any atom is 0.271 e. The van der Waals surface area contributed by atoms with Crippen LogP contribution in [0.15, 0.2) is 29.4 Å². The van der Waals surface area contributed by atoms with Gasteiger partial charge in [-0.05, 0) is 37.4 Å². The third-order valence-electron chi connectivity index (χ3n) is 5.41. The number of carbonyl (C=O) groups is 1. The Morgan fingerprint density at radius 3 is 3.08 bits per heavy atom. The van der Waals surface area contributed by atoms with Gasteiger partial charge in [-0.3, -0.25) is 4.79 Å². The van der Waals surface area contributed by atoms with Crippen molar-refractivity contribution in [2.45, 2.75) is 37.9 Å². The number of aryl methyl sites for hydroxylation is 1. The van der Waals surface area contributed by atoms with Crippen molar-refractivity contribution in [1.82, 2.24) is 10.2 Å². The van der Waals surface area contributed by atoms with E-state index in [0.29, 0.717) is 31.8 Å². The molecule has 0 saturated carbocycles. The molecular formula is C19H25N3O3. The van der Waals surface area contributed by atoms with Gasteiger partial charge in [0.05, 0.1) is 13.2 Å². The van der Waals surface area contributed by atoms with Gasteiger partial charge in [-0.1, -0.05) is 29.4 Å². The van der Waals surface area contributed by atoms with E-state index in [1.165, 1.54) is 5.56 Å². The molecule has 1 N–H and O–H groups in total. The molecule has 0 aromatic heterocycles. The van der Waals surface area contributed by atoms with Gasteiger partial charge in [0.1, 0.15) is 11.8 Å². The summed E-state index contributed by atoms with van der Waals surface area (Å²) in [6.07, 6.45) is 2.54. The highest BCUT2D eigenvalue weighted by atomic mass is 16.7. The lowest BCUT2D eigenvalue weighted by Crippen LogP contribution is -2.48. The standard InChI is InChI=1S/C19H25N3O3/c1-14-5-2-3-6-15(14)17-12-22(9-10-24-17)18(23)16-11-19(25-21-16)7-4-8-20-13-19/h2-3,5-6,17,20H,4,7-13H2,1H3. The fourth-order valence-electron chi connectivity index (χ4n) is 3.96. The first-order chi connectivity index (χ1) is 12.2. The van der Waals surface area contributed by atoms with Gasteiger partial charge in [0, 0.05) is 19.5 Å². The molecule has 3 aliphatic heterocycles. The number of piperidine rings is 1. The predicted octanol–water partition coefficient (Wildman–Crippen LogP) is 1.79. The summed E-state index contributed by atoms with van der Waals surface area (Å²) < 4.78 is 5.92. The molecule has 134 valence electrons. The van der Waals surface area contributed by atoms with Crippen LogP contribution in [-0.4, -0.2) is 54.9 Å². The van der Waals surface area contributed by atoms with Crippen molar-refractivity contribution >= 4 is 11.6 Å². The van der Waals surface area contributed by atoms with Crippen molar-refractivity contribution < 1.29 is 14.4 Å². The lowest BCUT2D eigenvalue weighted by molar-refractivity contribution is -0.131. The van der Waals surface area contributed by atoms with Crippen LogP contribution in [0.3, 0.4) is 0 Å². The van der Waals surface area contributed by atoms with Crippen molar-refractivity contribution in [2.75, 3.05) is 32.8 Å². The summed E-state index contributed by atoms with van der Waals surface area (Å²) in [6.45, 7) is 5.57. The fraction of sp³-hybridized carbons (Fsp3) is 0.579. The Morgan fingerprint density at radius 2 is 2.28 bits per heavy atom. The van der Waals surface area contributed by atoms with Gasteiger partial charge in [0.25, 0.3) is 5.91 Å². The van der Waals surface area contributed by atoms with Crippen LogP contribution in [0.4, 0.5) is 0 Å². The molecule has 2 atom stereocenters. The van der Waals surface area contributed by atoms with Crippen molar-refractivity contribution in [2.24, 2.45) is 5.16 Å². The Hall–Kier alpha value is -1.92. The number of benzene rings is 1. The zero-order valence-corrected chi connectivity index (χ0v) is 14.7. The van der Waals surface area contributed by atoms with Crippen molar-refractivity contribution in [1.29, 1.82) is 0 Å². The molecular weight excluding hydrogens is 318 g/mol. The molecule has 0 aliphatic carbocycles. The molecule has 4 rings (SSSR count). The number of hydrogen-bond donors (Lipinski definition) is 1. The number of amides is 1. The van der Waals surface area contributed by atoms with Crippen LogP contribution in [-0.2, 0) is 14.4 Å². The molecule has 1 aromatic rings. The Labute approximate surface area is 148 Å². The van der Waals surface area contributed by atoms with Crippen LogP contribution < -0.4 is 5.32 Å². The summed E-state index contributed by atoms with van der Waals surface area (Å²) in [6, 6.07) is 8.19. The molecule has 25 heavy (non-hydrogen) atoms.